The number of halogens is 2. The van der Waals surface area contributed by atoms with Gasteiger partial charge in [0.05, 0.1) is 21.3 Å². The van der Waals surface area contributed by atoms with Crippen molar-refractivity contribution in [1.82, 2.24) is 14.5 Å². The molecule has 0 amide bonds. The molecule has 0 saturated carbocycles. The van der Waals surface area contributed by atoms with E-state index < -0.39 is 0 Å². The standard InChI is InChI=1S/C25H24Cl2N4OS/c1-14(2)18-11-16(4-5-17(18)25(32)33)22-12-23(30-13-29-22)28-8-9-31-15(3)10-19-20(26)6-7-21(27)24(19)31/h4-7,10-14H,8-9H2,1-3H3,(H,32,33)(H,28,29,30). The first-order chi connectivity index (χ1) is 15.8. The normalized spacial score (nSPS) is 11.4. The van der Waals surface area contributed by atoms with E-state index in [1.54, 1.807) is 0 Å². The van der Waals surface area contributed by atoms with E-state index in [0.717, 1.165) is 39.2 Å². The summed E-state index contributed by atoms with van der Waals surface area (Å²) in [5.41, 5.74) is 5.31. The molecular formula is C25H24Cl2N4OS. The van der Waals surface area contributed by atoms with E-state index >= 15 is 0 Å². The molecule has 2 aromatic heterocycles. The van der Waals surface area contributed by atoms with Crippen molar-refractivity contribution in [3.8, 4) is 11.3 Å². The van der Waals surface area contributed by atoms with Crippen molar-refractivity contribution < 1.29 is 4.79 Å². The molecule has 4 aromatic rings. The van der Waals surface area contributed by atoms with Gasteiger partial charge < -0.3 is 9.88 Å². The lowest BCUT2D eigenvalue weighted by Gasteiger charge is -2.13. The van der Waals surface area contributed by atoms with Gasteiger partial charge in [-0.05, 0) is 48.7 Å². The third-order valence-corrected chi connectivity index (χ3v) is 6.55. The number of benzene rings is 2. The maximum Gasteiger partial charge on any atom is 0.216 e. The molecule has 0 aliphatic carbocycles. The van der Waals surface area contributed by atoms with E-state index in [-0.39, 0.29) is 11.0 Å². The first-order valence-electron chi connectivity index (χ1n) is 10.6. The van der Waals surface area contributed by atoms with Gasteiger partial charge in [-0.1, -0.05) is 43.1 Å². The molecule has 0 atom stereocenters. The minimum atomic E-state index is -0.232. The Hall–Kier alpha value is -2.54. The number of nitrogens with one attached hydrogen (secondary N) is 1. The van der Waals surface area contributed by atoms with Gasteiger partial charge in [-0.2, -0.15) is 0 Å². The highest BCUT2D eigenvalue weighted by atomic mass is 35.5. The number of fused-ring (bicyclic) bond motifs is 1. The van der Waals surface area contributed by atoms with Crippen LogP contribution in [0.3, 0.4) is 0 Å². The average Bonchev–Trinajstić information content (AvgIpc) is 3.13. The molecule has 0 fully saturated rings. The van der Waals surface area contributed by atoms with Crippen LogP contribution in [0.15, 0.2) is 48.8 Å². The molecule has 5 nitrogen and oxygen atoms in total. The third-order valence-electron chi connectivity index (χ3n) is 5.67. The Bertz CT molecular complexity index is 1350. The summed E-state index contributed by atoms with van der Waals surface area (Å²) in [5, 5.41) is 5.46. The molecule has 170 valence electrons. The van der Waals surface area contributed by atoms with Gasteiger partial charge >= 0.3 is 0 Å². The second kappa shape index (κ2) is 9.75. The number of anilines is 1. The highest BCUT2D eigenvalue weighted by molar-refractivity contribution is 7.97. The van der Waals surface area contributed by atoms with Crippen LogP contribution in [0.4, 0.5) is 5.82 Å². The number of aryl methyl sites for hydroxylation is 1. The summed E-state index contributed by atoms with van der Waals surface area (Å²) in [6.07, 6.45) is 1.54. The molecule has 1 N–H and O–H groups in total. The quantitative estimate of drug-likeness (QED) is 0.268. The van der Waals surface area contributed by atoms with Gasteiger partial charge in [0, 0.05) is 41.4 Å². The van der Waals surface area contributed by atoms with E-state index in [0.29, 0.717) is 28.7 Å². The molecule has 8 heteroatoms. The summed E-state index contributed by atoms with van der Waals surface area (Å²) >= 11 is 16.8. The van der Waals surface area contributed by atoms with Crippen molar-refractivity contribution >= 4 is 57.7 Å². The SMILES string of the molecule is Cc1cc2c(Cl)ccc(Cl)c2n1CCNc1cc(-c2ccc(C(=O)S)c(C(C)C)c2)ncn1. The second-order valence-corrected chi connectivity index (χ2v) is 9.43. The maximum atomic E-state index is 11.8. The van der Waals surface area contributed by atoms with Crippen molar-refractivity contribution in [3.05, 3.63) is 75.7 Å². The van der Waals surface area contributed by atoms with Crippen LogP contribution in [-0.2, 0) is 6.54 Å². The number of aromatic nitrogens is 3. The molecule has 0 aliphatic rings. The number of carbonyl (C=O) groups excluding carboxylic acids is 1. The van der Waals surface area contributed by atoms with Gasteiger partial charge in [0.25, 0.3) is 0 Å². The highest BCUT2D eigenvalue weighted by Crippen LogP contribution is 2.32. The topological polar surface area (TPSA) is 59.8 Å². The highest BCUT2D eigenvalue weighted by Gasteiger charge is 2.14. The molecule has 0 aliphatic heterocycles. The Kier molecular flexibility index (Phi) is 6.98. The largest absolute Gasteiger partial charge is 0.368 e. The monoisotopic (exact) mass is 498 g/mol. The minimum Gasteiger partial charge on any atom is -0.368 e. The van der Waals surface area contributed by atoms with Crippen LogP contribution in [0.5, 0.6) is 0 Å². The summed E-state index contributed by atoms with van der Waals surface area (Å²) in [6, 6.07) is 13.3. The lowest BCUT2D eigenvalue weighted by Crippen LogP contribution is -2.12. The van der Waals surface area contributed by atoms with Crippen molar-refractivity contribution in [3.63, 3.8) is 0 Å². The average molecular weight is 499 g/mol. The summed E-state index contributed by atoms with van der Waals surface area (Å²) in [5.74, 6) is 0.911. The Morgan fingerprint density at radius 1 is 1.09 bits per heavy atom. The summed E-state index contributed by atoms with van der Waals surface area (Å²) in [6.45, 7) is 7.50. The molecule has 0 spiro atoms. The maximum absolute atomic E-state index is 11.8. The zero-order chi connectivity index (χ0) is 23.7. The Labute approximate surface area is 208 Å². The van der Waals surface area contributed by atoms with E-state index in [1.165, 1.54) is 6.33 Å². The van der Waals surface area contributed by atoms with Crippen molar-refractivity contribution in [1.29, 1.82) is 0 Å². The number of hydrogen-bond acceptors (Lipinski definition) is 4. The van der Waals surface area contributed by atoms with Crippen LogP contribution in [-0.4, -0.2) is 26.2 Å². The molecule has 2 heterocycles. The number of carbonyl (C=O) groups is 1. The molecule has 33 heavy (non-hydrogen) atoms. The molecule has 0 unspecified atom stereocenters. The smallest absolute Gasteiger partial charge is 0.216 e. The predicted molar refractivity (Wildman–Crippen MR) is 140 cm³/mol. The molecular weight excluding hydrogens is 475 g/mol. The van der Waals surface area contributed by atoms with Crippen molar-refractivity contribution in [2.75, 3.05) is 11.9 Å². The van der Waals surface area contributed by atoms with E-state index in [4.69, 9.17) is 23.2 Å². The zero-order valence-electron chi connectivity index (χ0n) is 18.6. The van der Waals surface area contributed by atoms with Gasteiger partial charge in [0.1, 0.15) is 12.1 Å². The first kappa shape index (κ1) is 23.6. The van der Waals surface area contributed by atoms with E-state index in [9.17, 15) is 4.79 Å². The fourth-order valence-electron chi connectivity index (χ4n) is 4.02. The number of nitrogens with zero attached hydrogens (tertiary/aromatic N) is 3. The third kappa shape index (κ3) is 4.88. The van der Waals surface area contributed by atoms with Crippen molar-refractivity contribution in [2.45, 2.75) is 33.2 Å². The molecule has 0 bridgehead atoms. The lowest BCUT2D eigenvalue weighted by molar-refractivity contribution is 0.109. The molecule has 0 radical (unpaired) electrons. The second-order valence-electron chi connectivity index (χ2n) is 8.21. The van der Waals surface area contributed by atoms with Crippen LogP contribution < -0.4 is 5.32 Å². The minimum absolute atomic E-state index is 0.190. The van der Waals surface area contributed by atoms with Crippen LogP contribution in [0.2, 0.25) is 10.0 Å². The Morgan fingerprint density at radius 3 is 2.58 bits per heavy atom. The Morgan fingerprint density at radius 2 is 1.85 bits per heavy atom. The molecule has 4 rings (SSSR count). The van der Waals surface area contributed by atoms with Gasteiger partial charge in [-0.3, -0.25) is 4.79 Å². The van der Waals surface area contributed by atoms with E-state index in [2.05, 4.69) is 52.4 Å². The van der Waals surface area contributed by atoms with Gasteiger partial charge in [0.2, 0.25) is 5.12 Å². The first-order valence-corrected chi connectivity index (χ1v) is 11.8. The van der Waals surface area contributed by atoms with Gasteiger partial charge in [-0.15, -0.1) is 12.6 Å². The molecule has 2 aromatic carbocycles. The van der Waals surface area contributed by atoms with Crippen LogP contribution in [0.25, 0.3) is 22.2 Å². The van der Waals surface area contributed by atoms with Crippen molar-refractivity contribution in [2.24, 2.45) is 0 Å². The zero-order valence-corrected chi connectivity index (χ0v) is 21.0. The summed E-state index contributed by atoms with van der Waals surface area (Å²) in [4.78, 5) is 20.6. The lowest BCUT2D eigenvalue weighted by atomic mass is 9.94. The number of thiol groups is 1. The summed E-state index contributed by atoms with van der Waals surface area (Å²) in [7, 11) is 0. The van der Waals surface area contributed by atoms with Crippen LogP contribution >= 0.6 is 35.8 Å². The van der Waals surface area contributed by atoms with Crippen LogP contribution in [0, 0.1) is 6.92 Å². The van der Waals surface area contributed by atoms with Gasteiger partial charge in [-0.25, -0.2) is 9.97 Å². The Balaban J connectivity index is 1.54. The predicted octanol–water partition coefficient (Wildman–Crippen LogP) is 7.02. The summed E-state index contributed by atoms with van der Waals surface area (Å²) < 4.78 is 2.15. The van der Waals surface area contributed by atoms with Gasteiger partial charge in [0.15, 0.2) is 0 Å². The fraction of sp³-hybridized carbons (Fsp3) is 0.240. The van der Waals surface area contributed by atoms with Crippen LogP contribution in [0.1, 0.15) is 41.4 Å². The fourth-order valence-corrected chi connectivity index (χ4v) is 4.70. The number of hydrogen-bond donors (Lipinski definition) is 2. The molecule has 0 saturated heterocycles. The number of rotatable bonds is 7. The van der Waals surface area contributed by atoms with E-state index in [1.807, 2.05) is 43.3 Å².